The van der Waals surface area contributed by atoms with E-state index in [4.69, 9.17) is 4.74 Å². The third-order valence-electron chi connectivity index (χ3n) is 4.08. The fourth-order valence-electron chi connectivity index (χ4n) is 2.77. The number of nitrogens with zero attached hydrogens (tertiary/aromatic N) is 1. The smallest absolute Gasteiger partial charge is 0.407 e. The van der Waals surface area contributed by atoms with Crippen LogP contribution in [0.3, 0.4) is 0 Å². The maximum absolute atomic E-state index is 12.5. The Morgan fingerprint density at radius 2 is 1.93 bits per heavy atom. The molecule has 1 saturated heterocycles. The number of carbonyl (C=O) groups is 1. The molecule has 1 amide bonds. The third kappa shape index (κ3) is 6.45. The fraction of sp³-hybridized carbons (Fsp3) is 0.562. The van der Waals surface area contributed by atoms with Gasteiger partial charge < -0.3 is 10.1 Å². The molecule has 0 radical (unpaired) electrons. The summed E-state index contributed by atoms with van der Waals surface area (Å²) in [5.41, 5.74) is 0. The van der Waals surface area contributed by atoms with E-state index < -0.39 is 26.1 Å². The second-order valence-electron chi connectivity index (χ2n) is 6.09. The second kappa shape index (κ2) is 9.49. The van der Waals surface area contributed by atoms with Crippen molar-refractivity contribution in [3.63, 3.8) is 0 Å². The van der Waals surface area contributed by atoms with Crippen LogP contribution in [0.5, 0.6) is 0 Å². The van der Waals surface area contributed by atoms with Crippen molar-refractivity contribution in [2.45, 2.75) is 30.7 Å². The normalized spacial score (nSPS) is 18.8. The molecule has 152 valence electrons. The van der Waals surface area contributed by atoms with E-state index in [-0.39, 0.29) is 36.4 Å². The first-order chi connectivity index (χ1) is 12.7. The molecular weight excluding hydrogens is 394 g/mol. The topological polar surface area (TPSA) is 122 Å². The monoisotopic (exact) mass is 419 g/mol. The van der Waals surface area contributed by atoms with E-state index >= 15 is 0 Å². The molecular formula is C16H25N3O6S2. The Bertz CT molecular complexity index is 827. The van der Waals surface area contributed by atoms with Crippen LogP contribution in [0.15, 0.2) is 35.2 Å². The van der Waals surface area contributed by atoms with Crippen LogP contribution in [-0.4, -0.2) is 65.3 Å². The Balaban J connectivity index is 1.89. The quantitative estimate of drug-likeness (QED) is 0.633. The molecule has 0 aliphatic carbocycles. The van der Waals surface area contributed by atoms with E-state index in [1.165, 1.54) is 16.4 Å². The predicted molar refractivity (Wildman–Crippen MR) is 100 cm³/mol. The highest BCUT2D eigenvalue weighted by molar-refractivity contribution is 7.90. The Morgan fingerprint density at radius 1 is 1.22 bits per heavy atom. The van der Waals surface area contributed by atoms with Gasteiger partial charge in [-0.1, -0.05) is 18.2 Å². The molecule has 0 unspecified atom stereocenters. The largest absolute Gasteiger partial charge is 0.450 e. The molecule has 1 aliphatic rings. The van der Waals surface area contributed by atoms with Gasteiger partial charge in [-0.15, -0.1) is 0 Å². The zero-order valence-corrected chi connectivity index (χ0v) is 16.8. The molecule has 11 heteroatoms. The lowest BCUT2D eigenvalue weighted by atomic mass is 10.1. The number of carbonyl (C=O) groups excluding carboxylic acids is 1. The number of amides is 1. The molecule has 27 heavy (non-hydrogen) atoms. The van der Waals surface area contributed by atoms with Crippen molar-refractivity contribution < 1.29 is 26.4 Å². The van der Waals surface area contributed by atoms with Gasteiger partial charge in [0.25, 0.3) is 0 Å². The summed E-state index contributed by atoms with van der Waals surface area (Å²) in [5.74, 6) is -0.356. The van der Waals surface area contributed by atoms with E-state index in [1.807, 2.05) is 0 Å². The van der Waals surface area contributed by atoms with Crippen molar-refractivity contribution in [2.24, 2.45) is 0 Å². The summed E-state index contributed by atoms with van der Waals surface area (Å²) < 4.78 is 57.7. The van der Waals surface area contributed by atoms with Gasteiger partial charge in [0, 0.05) is 25.7 Å². The minimum atomic E-state index is -3.75. The van der Waals surface area contributed by atoms with Crippen LogP contribution >= 0.6 is 0 Å². The Labute approximate surface area is 160 Å². The summed E-state index contributed by atoms with van der Waals surface area (Å²) in [5, 5.41) is 2.64. The molecule has 1 fully saturated rings. The standard InChI is InChI=1S/C16H25N3O6S2/c1-2-25-16(20)18-14-7-6-11-19(13-14)26(21,22)12-10-17-27(23,24)15-8-4-3-5-9-15/h3-5,8-9,14,17H,2,6-7,10-13H2,1H3,(H,18,20)/t14-/m0/s1. The Hall–Kier alpha value is -1.69. The number of benzene rings is 1. The van der Waals surface area contributed by atoms with Gasteiger partial charge in [-0.3, -0.25) is 0 Å². The van der Waals surface area contributed by atoms with Gasteiger partial charge in [-0.25, -0.2) is 26.4 Å². The molecule has 9 nitrogen and oxygen atoms in total. The lowest BCUT2D eigenvalue weighted by molar-refractivity contribution is 0.142. The minimum Gasteiger partial charge on any atom is -0.450 e. The molecule has 1 atom stereocenters. The highest BCUT2D eigenvalue weighted by atomic mass is 32.2. The fourth-order valence-corrected chi connectivity index (χ4v) is 5.38. The third-order valence-corrected chi connectivity index (χ3v) is 7.40. The van der Waals surface area contributed by atoms with Gasteiger partial charge in [-0.2, -0.15) is 4.31 Å². The van der Waals surface area contributed by atoms with E-state index in [1.54, 1.807) is 25.1 Å². The molecule has 0 saturated carbocycles. The van der Waals surface area contributed by atoms with Crippen molar-refractivity contribution in [3.8, 4) is 0 Å². The lowest BCUT2D eigenvalue weighted by Crippen LogP contribution is -2.50. The van der Waals surface area contributed by atoms with Crippen molar-refractivity contribution in [1.82, 2.24) is 14.3 Å². The zero-order chi connectivity index (χ0) is 19.9. The number of piperidine rings is 1. The maximum Gasteiger partial charge on any atom is 0.407 e. The minimum absolute atomic E-state index is 0.0825. The average molecular weight is 420 g/mol. The van der Waals surface area contributed by atoms with E-state index in [0.29, 0.717) is 19.4 Å². The van der Waals surface area contributed by atoms with Gasteiger partial charge >= 0.3 is 6.09 Å². The highest BCUT2D eigenvalue weighted by Crippen LogP contribution is 2.15. The van der Waals surface area contributed by atoms with E-state index in [2.05, 4.69) is 10.0 Å². The molecule has 1 aromatic carbocycles. The molecule has 2 rings (SSSR count). The SMILES string of the molecule is CCOC(=O)N[C@H]1CCCN(S(=O)(=O)CCNS(=O)(=O)c2ccccc2)C1. The van der Waals surface area contributed by atoms with Gasteiger partial charge in [-0.05, 0) is 31.9 Å². The first-order valence-corrected chi connectivity index (χ1v) is 11.8. The molecule has 0 bridgehead atoms. The number of hydrogen-bond acceptors (Lipinski definition) is 6. The summed E-state index contributed by atoms with van der Waals surface area (Å²) in [6, 6.07) is 7.43. The average Bonchev–Trinajstić information content (AvgIpc) is 2.62. The first-order valence-electron chi connectivity index (χ1n) is 8.70. The Kier molecular flexibility index (Phi) is 7.59. The van der Waals surface area contributed by atoms with Crippen molar-refractivity contribution in [3.05, 3.63) is 30.3 Å². The Morgan fingerprint density at radius 3 is 2.59 bits per heavy atom. The summed E-state index contributed by atoms with van der Waals surface area (Å²) in [4.78, 5) is 11.6. The molecule has 2 N–H and O–H groups in total. The van der Waals surface area contributed by atoms with Crippen molar-refractivity contribution >= 4 is 26.1 Å². The van der Waals surface area contributed by atoms with Gasteiger partial charge in [0.05, 0.1) is 17.3 Å². The van der Waals surface area contributed by atoms with Gasteiger partial charge in [0.2, 0.25) is 20.0 Å². The van der Waals surface area contributed by atoms with Crippen LogP contribution in [-0.2, 0) is 24.8 Å². The molecule has 1 aromatic rings. The number of nitrogens with one attached hydrogen (secondary N) is 2. The van der Waals surface area contributed by atoms with Crippen molar-refractivity contribution in [1.29, 1.82) is 0 Å². The van der Waals surface area contributed by atoms with Crippen LogP contribution in [0.1, 0.15) is 19.8 Å². The maximum atomic E-state index is 12.5. The highest BCUT2D eigenvalue weighted by Gasteiger charge is 2.30. The number of rotatable bonds is 8. The molecule has 0 spiro atoms. The summed E-state index contributed by atoms with van der Waals surface area (Å²) >= 11 is 0. The van der Waals surface area contributed by atoms with Gasteiger partial charge in [0.15, 0.2) is 0 Å². The van der Waals surface area contributed by atoms with Crippen LogP contribution in [0, 0.1) is 0 Å². The number of alkyl carbamates (subject to hydrolysis) is 1. The summed E-state index contributed by atoms with van der Waals surface area (Å²) in [6.07, 6.45) is 0.690. The molecule has 0 aromatic heterocycles. The number of ether oxygens (including phenoxy) is 1. The van der Waals surface area contributed by atoms with Crippen LogP contribution in [0.4, 0.5) is 4.79 Å². The van der Waals surface area contributed by atoms with Gasteiger partial charge in [0.1, 0.15) is 0 Å². The first kappa shape index (κ1) is 21.6. The number of hydrogen-bond donors (Lipinski definition) is 2. The molecule has 1 aliphatic heterocycles. The van der Waals surface area contributed by atoms with Crippen molar-refractivity contribution in [2.75, 3.05) is 32.0 Å². The van der Waals surface area contributed by atoms with E-state index in [0.717, 1.165) is 0 Å². The number of sulfonamides is 2. The van der Waals surface area contributed by atoms with Crippen LogP contribution in [0.2, 0.25) is 0 Å². The van der Waals surface area contributed by atoms with Crippen LogP contribution < -0.4 is 10.0 Å². The predicted octanol–water partition coefficient (Wildman–Crippen LogP) is 0.505. The lowest BCUT2D eigenvalue weighted by Gasteiger charge is -2.32. The summed E-state index contributed by atoms with van der Waals surface area (Å²) in [7, 11) is -7.41. The zero-order valence-electron chi connectivity index (χ0n) is 15.1. The van der Waals surface area contributed by atoms with Crippen LogP contribution in [0.25, 0.3) is 0 Å². The second-order valence-corrected chi connectivity index (χ2v) is 9.94. The summed E-state index contributed by atoms with van der Waals surface area (Å²) in [6.45, 7) is 2.18. The molecule has 1 heterocycles. The van der Waals surface area contributed by atoms with E-state index in [9.17, 15) is 21.6 Å².